The smallest absolute Gasteiger partial charge is 0.244 e. The van der Waals surface area contributed by atoms with E-state index in [0.717, 1.165) is 5.69 Å². The van der Waals surface area contributed by atoms with E-state index >= 15 is 0 Å². The van der Waals surface area contributed by atoms with Gasteiger partial charge in [-0.15, -0.1) is 0 Å². The lowest BCUT2D eigenvalue weighted by molar-refractivity contribution is -0.131. The van der Waals surface area contributed by atoms with E-state index < -0.39 is 5.82 Å². The van der Waals surface area contributed by atoms with Gasteiger partial charge in [0.2, 0.25) is 5.91 Å². The highest BCUT2D eigenvalue weighted by molar-refractivity contribution is 5.75. The standard InChI is InChI=1S/C16H17FN4O2/c1-11(5-16(22)20-23-2)15-8-19-10-21(15)9-12-3-4-13(7-18)14(17)6-12/h3-4,6,8,10-11H,5,9H2,1-2H3,(H,20,22). The Labute approximate surface area is 133 Å². The van der Waals surface area contributed by atoms with E-state index in [2.05, 4.69) is 15.3 Å². The lowest BCUT2D eigenvalue weighted by Crippen LogP contribution is -2.23. The van der Waals surface area contributed by atoms with Crippen molar-refractivity contribution in [2.45, 2.75) is 25.8 Å². The summed E-state index contributed by atoms with van der Waals surface area (Å²) in [4.78, 5) is 20.3. The number of aromatic nitrogens is 2. The maximum Gasteiger partial charge on any atom is 0.244 e. The molecule has 0 bridgehead atoms. The van der Waals surface area contributed by atoms with Crippen LogP contribution < -0.4 is 5.48 Å². The third kappa shape index (κ3) is 4.14. The Morgan fingerprint density at radius 3 is 3.00 bits per heavy atom. The van der Waals surface area contributed by atoms with Gasteiger partial charge in [0.05, 0.1) is 19.0 Å². The minimum Gasteiger partial charge on any atom is -0.330 e. The van der Waals surface area contributed by atoms with E-state index in [0.29, 0.717) is 12.1 Å². The number of nitrogens with one attached hydrogen (secondary N) is 1. The minimum absolute atomic E-state index is 0.0178. The molecule has 2 rings (SSSR count). The fourth-order valence-corrected chi connectivity index (χ4v) is 2.36. The van der Waals surface area contributed by atoms with Gasteiger partial charge in [0, 0.05) is 30.8 Å². The molecule has 1 heterocycles. The Morgan fingerprint density at radius 1 is 1.57 bits per heavy atom. The van der Waals surface area contributed by atoms with Crippen molar-refractivity contribution in [2.24, 2.45) is 0 Å². The van der Waals surface area contributed by atoms with Crippen molar-refractivity contribution < 1.29 is 14.0 Å². The lowest BCUT2D eigenvalue weighted by atomic mass is 10.0. The van der Waals surface area contributed by atoms with Crippen LogP contribution in [0.3, 0.4) is 0 Å². The highest BCUT2D eigenvalue weighted by Crippen LogP contribution is 2.20. The molecule has 0 saturated carbocycles. The first kappa shape index (κ1) is 16.6. The van der Waals surface area contributed by atoms with Crippen LogP contribution in [0, 0.1) is 17.1 Å². The van der Waals surface area contributed by atoms with Gasteiger partial charge in [-0.2, -0.15) is 5.26 Å². The Hall–Kier alpha value is -2.72. The van der Waals surface area contributed by atoms with Crippen LogP contribution in [0.4, 0.5) is 4.39 Å². The lowest BCUT2D eigenvalue weighted by Gasteiger charge is -2.14. The molecule has 0 aliphatic rings. The molecule has 6 nitrogen and oxygen atoms in total. The summed E-state index contributed by atoms with van der Waals surface area (Å²) >= 11 is 0. The summed E-state index contributed by atoms with van der Waals surface area (Å²) in [6, 6.07) is 6.29. The van der Waals surface area contributed by atoms with Gasteiger partial charge >= 0.3 is 0 Å². The van der Waals surface area contributed by atoms with Crippen LogP contribution >= 0.6 is 0 Å². The number of amides is 1. The molecule has 120 valence electrons. The third-order valence-corrected chi connectivity index (χ3v) is 3.46. The second kappa shape index (κ2) is 7.51. The van der Waals surface area contributed by atoms with Crippen LogP contribution in [0.15, 0.2) is 30.7 Å². The van der Waals surface area contributed by atoms with Gasteiger partial charge in [0.1, 0.15) is 11.9 Å². The van der Waals surface area contributed by atoms with E-state index in [-0.39, 0.29) is 23.8 Å². The van der Waals surface area contributed by atoms with Crippen molar-refractivity contribution >= 4 is 5.91 Å². The van der Waals surface area contributed by atoms with Gasteiger partial charge in [-0.25, -0.2) is 14.9 Å². The molecule has 1 unspecified atom stereocenters. The molecule has 0 saturated heterocycles. The zero-order valence-corrected chi connectivity index (χ0v) is 12.9. The summed E-state index contributed by atoms with van der Waals surface area (Å²) < 4.78 is 15.5. The molecule has 0 fully saturated rings. The van der Waals surface area contributed by atoms with Gasteiger partial charge in [-0.1, -0.05) is 13.0 Å². The molecule has 0 aliphatic carbocycles. The second-order valence-electron chi connectivity index (χ2n) is 5.21. The van der Waals surface area contributed by atoms with Gasteiger partial charge in [0.15, 0.2) is 0 Å². The maximum atomic E-state index is 13.7. The maximum absolute atomic E-state index is 13.7. The first-order chi connectivity index (χ1) is 11.0. The highest BCUT2D eigenvalue weighted by atomic mass is 19.1. The molecule has 0 radical (unpaired) electrons. The van der Waals surface area contributed by atoms with Crippen molar-refractivity contribution in [3.63, 3.8) is 0 Å². The summed E-state index contributed by atoms with van der Waals surface area (Å²) in [6.07, 6.45) is 3.57. The molecule has 1 aromatic heterocycles. The topological polar surface area (TPSA) is 79.9 Å². The van der Waals surface area contributed by atoms with Crippen LogP contribution in [0.2, 0.25) is 0 Å². The van der Waals surface area contributed by atoms with Crippen LogP contribution in [0.1, 0.15) is 36.1 Å². The van der Waals surface area contributed by atoms with E-state index in [1.54, 1.807) is 24.7 Å². The van der Waals surface area contributed by atoms with Gasteiger partial charge in [0.25, 0.3) is 0 Å². The number of hydrogen-bond acceptors (Lipinski definition) is 4. The second-order valence-corrected chi connectivity index (χ2v) is 5.21. The minimum atomic E-state index is -0.542. The van der Waals surface area contributed by atoms with Gasteiger partial charge < -0.3 is 4.57 Å². The Morgan fingerprint density at radius 2 is 2.35 bits per heavy atom. The van der Waals surface area contributed by atoms with Crippen LogP contribution in [-0.4, -0.2) is 22.6 Å². The molecule has 0 aliphatic heterocycles. The molecule has 0 spiro atoms. The number of rotatable bonds is 6. The SMILES string of the molecule is CONC(=O)CC(C)c1cncn1Cc1ccc(C#N)c(F)c1. The Kier molecular flexibility index (Phi) is 5.44. The quantitative estimate of drug-likeness (QED) is 0.828. The van der Waals surface area contributed by atoms with Crippen LogP contribution in [0.25, 0.3) is 0 Å². The molecule has 1 N–H and O–H groups in total. The van der Waals surface area contributed by atoms with E-state index in [1.165, 1.54) is 19.2 Å². The molecule has 23 heavy (non-hydrogen) atoms. The zero-order valence-electron chi connectivity index (χ0n) is 12.9. The van der Waals surface area contributed by atoms with Gasteiger partial charge in [-0.3, -0.25) is 9.63 Å². The summed E-state index contributed by atoms with van der Waals surface area (Å²) in [5.41, 5.74) is 3.88. The number of nitrogens with zero attached hydrogens (tertiary/aromatic N) is 3. The molecule has 2 aromatic rings. The number of hydrogen-bond donors (Lipinski definition) is 1. The van der Waals surface area contributed by atoms with E-state index in [9.17, 15) is 9.18 Å². The summed E-state index contributed by atoms with van der Waals surface area (Å²) in [6.45, 7) is 2.32. The summed E-state index contributed by atoms with van der Waals surface area (Å²) in [7, 11) is 1.38. The molecule has 7 heteroatoms. The normalized spacial score (nSPS) is 11.7. The predicted octanol–water partition coefficient (Wildman–Crippen LogP) is 2.11. The number of carbonyl (C=O) groups is 1. The largest absolute Gasteiger partial charge is 0.330 e. The first-order valence-electron chi connectivity index (χ1n) is 7.05. The van der Waals surface area contributed by atoms with Crippen molar-refractivity contribution in [3.8, 4) is 6.07 Å². The zero-order chi connectivity index (χ0) is 16.8. The molecular weight excluding hydrogens is 299 g/mol. The number of carbonyl (C=O) groups excluding carboxylic acids is 1. The van der Waals surface area contributed by atoms with Gasteiger partial charge in [-0.05, 0) is 17.7 Å². The molecule has 1 aromatic carbocycles. The number of imidazole rings is 1. The van der Waals surface area contributed by atoms with Crippen molar-refractivity contribution in [1.82, 2.24) is 15.0 Å². The Bertz CT molecular complexity index is 736. The van der Waals surface area contributed by atoms with Crippen LogP contribution in [-0.2, 0) is 16.2 Å². The third-order valence-electron chi connectivity index (χ3n) is 3.46. The fourth-order valence-electron chi connectivity index (χ4n) is 2.36. The average molecular weight is 316 g/mol. The highest BCUT2D eigenvalue weighted by Gasteiger charge is 2.15. The number of hydroxylamine groups is 1. The average Bonchev–Trinajstić information content (AvgIpc) is 2.96. The summed E-state index contributed by atoms with van der Waals surface area (Å²) in [5, 5.41) is 8.76. The van der Waals surface area contributed by atoms with Crippen molar-refractivity contribution in [2.75, 3.05) is 7.11 Å². The molecule has 1 atom stereocenters. The first-order valence-corrected chi connectivity index (χ1v) is 7.05. The number of halogens is 1. The monoisotopic (exact) mass is 316 g/mol. The van der Waals surface area contributed by atoms with Crippen LogP contribution in [0.5, 0.6) is 0 Å². The van der Waals surface area contributed by atoms with E-state index in [4.69, 9.17) is 5.26 Å². The van der Waals surface area contributed by atoms with Crippen molar-refractivity contribution in [3.05, 3.63) is 53.4 Å². The van der Waals surface area contributed by atoms with Crippen molar-refractivity contribution in [1.29, 1.82) is 5.26 Å². The molecule has 1 amide bonds. The fraction of sp³-hybridized carbons (Fsp3) is 0.312. The van der Waals surface area contributed by atoms with E-state index in [1.807, 2.05) is 11.5 Å². The predicted molar refractivity (Wildman–Crippen MR) is 80.6 cm³/mol. The number of nitriles is 1. The number of benzene rings is 1. The Balaban J connectivity index is 2.13. The molecular formula is C16H17FN4O2. The summed E-state index contributed by atoms with van der Waals surface area (Å²) in [5.74, 6) is -0.841.